The zero-order chi connectivity index (χ0) is 14.0. The number of hydrogen-bond acceptors (Lipinski definition) is 3. The Morgan fingerprint density at radius 3 is 2.42 bits per heavy atom. The molecule has 1 heterocycles. The molecule has 2 aromatic rings. The lowest BCUT2D eigenvalue weighted by Gasteiger charge is -2.11. The molecule has 0 radical (unpaired) electrons. The molecule has 4 nitrogen and oxygen atoms in total. The lowest BCUT2D eigenvalue weighted by Crippen LogP contribution is -2.13. The number of carbonyl (C=O) groups is 1. The van der Waals surface area contributed by atoms with Gasteiger partial charge in [-0.15, -0.1) is 0 Å². The van der Waals surface area contributed by atoms with Gasteiger partial charge in [0.05, 0.1) is 11.3 Å². The summed E-state index contributed by atoms with van der Waals surface area (Å²) in [5.74, 6) is -1.04. The Morgan fingerprint density at radius 2 is 1.84 bits per heavy atom. The molecule has 1 amide bonds. The molecule has 5 heteroatoms. The molecule has 1 aromatic carbocycles. The van der Waals surface area contributed by atoms with Crippen LogP contribution >= 0.6 is 0 Å². The second kappa shape index (κ2) is 5.06. The first-order valence-electron chi connectivity index (χ1n) is 5.77. The van der Waals surface area contributed by atoms with Crippen LogP contribution in [0.3, 0.4) is 0 Å². The fourth-order valence-electron chi connectivity index (χ4n) is 1.90. The molecular weight excluding hydrogens is 245 g/mol. The number of nitrogens with zero attached hydrogens (tertiary/aromatic N) is 1. The van der Waals surface area contributed by atoms with Gasteiger partial charge in [-0.05, 0) is 44.2 Å². The summed E-state index contributed by atoms with van der Waals surface area (Å²) in [6, 6.07) is 7.42. The largest absolute Gasteiger partial charge is 0.366 e. The van der Waals surface area contributed by atoms with E-state index in [0.717, 1.165) is 17.1 Å². The summed E-state index contributed by atoms with van der Waals surface area (Å²) in [4.78, 5) is 15.5. The van der Waals surface area contributed by atoms with Crippen molar-refractivity contribution >= 4 is 17.3 Å². The monoisotopic (exact) mass is 259 g/mol. The second-order valence-electron chi connectivity index (χ2n) is 4.32. The highest BCUT2D eigenvalue weighted by molar-refractivity contribution is 5.99. The maximum absolute atomic E-state index is 13.3. The molecule has 98 valence electrons. The highest BCUT2D eigenvalue weighted by atomic mass is 19.1. The maximum atomic E-state index is 13.3. The second-order valence-corrected chi connectivity index (χ2v) is 4.32. The number of aromatic nitrogens is 1. The number of primary amides is 1. The summed E-state index contributed by atoms with van der Waals surface area (Å²) < 4.78 is 13.3. The van der Waals surface area contributed by atoms with E-state index < -0.39 is 11.7 Å². The molecule has 0 unspecified atom stereocenters. The standard InChI is InChI=1S/C14H14FN3O/c1-8-5-11(6-9(2)17-8)18-13-7-10(15)3-4-12(13)14(16)19/h3-7H,1-2H3,(H2,16,19)(H,17,18). The molecule has 0 atom stereocenters. The number of benzene rings is 1. The van der Waals surface area contributed by atoms with Gasteiger partial charge < -0.3 is 11.1 Å². The molecule has 0 fully saturated rings. The number of nitrogens with two attached hydrogens (primary N) is 1. The number of rotatable bonds is 3. The van der Waals surface area contributed by atoms with Gasteiger partial charge in [0.15, 0.2) is 0 Å². The van der Waals surface area contributed by atoms with E-state index in [1.807, 2.05) is 26.0 Å². The molecule has 0 saturated carbocycles. The molecule has 19 heavy (non-hydrogen) atoms. The third-order valence-electron chi connectivity index (χ3n) is 2.61. The molecular formula is C14H14FN3O. The number of carbonyl (C=O) groups excluding carboxylic acids is 1. The van der Waals surface area contributed by atoms with Crippen LogP contribution in [0.15, 0.2) is 30.3 Å². The molecule has 3 N–H and O–H groups in total. The van der Waals surface area contributed by atoms with Crippen molar-refractivity contribution in [2.45, 2.75) is 13.8 Å². The first-order valence-corrected chi connectivity index (χ1v) is 5.77. The Kier molecular flexibility index (Phi) is 3.46. The van der Waals surface area contributed by atoms with Crippen molar-refractivity contribution in [1.29, 1.82) is 0 Å². The third-order valence-corrected chi connectivity index (χ3v) is 2.61. The summed E-state index contributed by atoms with van der Waals surface area (Å²) in [5.41, 5.74) is 8.25. The molecule has 0 aliphatic rings. The predicted octanol–water partition coefficient (Wildman–Crippen LogP) is 2.68. The van der Waals surface area contributed by atoms with E-state index in [2.05, 4.69) is 10.3 Å². The van der Waals surface area contributed by atoms with Crippen LogP contribution in [0.5, 0.6) is 0 Å². The number of amides is 1. The van der Waals surface area contributed by atoms with E-state index in [1.54, 1.807) is 0 Å². The molecule has 0 aliphatic heterocycles. The summed E-state index contributed by atoms with van der Waals surface area (Å²) in [7, 11) is 0. The van der Waals surface area contributed by atoms with Gasteiger partial charge >= 0.3 is 0 Å². The smallest absolute Gasteiger partial charge is 0.250 e. The van der Waals surface area contributed by atoms with Crippen molar-refractivity contribution in [3.8, 4) is 0 Å². The first-order chi connectivity index (χ1) is 8.95. The Balaban J connectivity index is 2.42. The van der Waals surface area contributed by atoms with Crippen molar-refractivity contribution in [1.82, 2.24) is 4.98 Å². The molecule has 0 aliphatic carbocycles. The number of halogens is 1. The highest BCUT2D eigenvalue weighted by Crippen LogP contribution is 2.22. The van der Waals surface area contributed by atoms with Crippen molar-refractivity contribution in [2.75, 3.05) is 5.32 Å². The van der Waals surface area contributed by atoms with Gasteiger partial charge in [0.1, 0.15) is 5.82 Å². The van der Waals surface area contributed by atoms with Gasteiger partial charge in [-0.2, -0.15) is 0 Å². The minimum absolute atomic E-state index is 0.244. The maximum Gasteiger partial charge on any atom is 0.250 e. The van der Waals surface area contributed by atoms with Gasteiger partial charge in [-0.1, -0.05) is 0 Å². The Hall–Kier alpha value is -2.43. The van der Waals surface area contributed by atoms with Crippen molar-refractivity contribution in [3.63, 3.8) is 0 Å². The van der Waals surface area contributed by atoms with Crippen molar-refractivity contribution in [3.05, 3.63) is 53.1 Å². The number of nitrogens with one attached hydrogen (secondary N) is 1. The van der Waals surface area contributed by atoms with Crippen LogP contribution in [0, 0.1) is 19.7 Å². The van der Waals surface area contributed by atoms with Crippen LogP contribution in [0.2, 0.25) is 0 Å². The lowest BCUT2D eigenvalue weighted by atomic mass is 10.1. The van der Waals surface area contributed by atoms with E-state index in [0.29, 0.717) is 5.69 Å². The number of aryl methyl sites for hydroxylation is 2. The molecule has 1 aromatic heterocycles. The van der Waals surface area contributed by atoms with Crippen LogP contribution in [-0.2, 0) is 0 Å². The SMILES string of the molecule is Cc1cc(Nc2cc(F)ccc2C(N)=O)cc(C)n1. The zero-order valence-electron chi connectivity index (χ0n) is 10.7. The van der Waals surface area contributed by atoms with Gasteiger partial charge in [0.25, 0.3) is 5.91 Å². The average Bonchev–Trinajstić information content (AvgIpc) is 2.26. The Bertz CT molecular complexity index is 620. The lowest BCUT2D eigenvalue weighted by molar-refractivity contribution is 0.100. The van der Waals surface area contributed by atoms with Gasteiger partial charge in [0, 0.05) is 17.1 Å². The molecule has 0 spiro atoms. The summed E-state index contributed by atoms with van der Waals surface area (Å²) >= 11 is 0. The van der Waals surface area contributed by atoms with E-state index in [9.17, 15) is 9.18 Å². The first kappa shape index (κ1) is 13.0. The van der Waals surface area contributed by atoms with Gasteiger partial charge in [-0.3, -0.25) is 9.78 Å². The predicted molar refractivity (Wildman–Crippen MR) is 71.9 cm³/mol. The molecule has 0 saturated heterocycles. The van der Waals surface area contributed by atoms with Crippen molar-refractivity contribution < 1.29 is 9.18 Å². The highest BCUT2D eigenvalue weighted by Gasteiger charge is 2.10. The molecule has 0 bridgehead atoms. The minimum Gasteiger partial charge on any atom is -0.366 e. The summed E-state index contributed by atoms with van der Waals surface area (Å²) in [6.45, 7) is 3.72. The fraction of sp³-hybridized carbons (Fsp3) is 0.143. The van der Waals surface area contributed by atoms with Crippen LogP contribution < -0.4 is 11.1 Å². The van der Waals surface area contributed by atoms with Crippen LogP contribution in [-0.4, -0.2) is 10.9 Å². The molecule has 2 rings (SSSR count). The van der Waals surface area contributed by atoms with Crippen molar-refractivity contribution in [2.24, 2.45) is 5.73 Å². The van der Waals surface area contributed by atoms with Crippen LogP contribution in [0.25, 0.3) is 0 Å². The van der Waals surface area contributed by atoms with Crippen LogP contribution in [0.1, 0.15) is 21.7 Å². The third kappa shape index (κ3) is 3.07. The van der Waals surface area contributed by atoms with E-state index in [4.69, 9.17) is 5.73 Å². The zero-order valence-corrected chi connectivity index (χ0v) is 10.7. The normalized spacial score (nSPS) is 10.3. The van der Waals surface area contributed by atoms with E-state index in [1.165, 1.54) is 18.2 Å². The summed E-state index contributed by atoms with van der Waals surface area (Å²) in [5, 5.41) is 3.00. The minimum atomic E-state index is -0.606. The fourth-order valence-corrected chi connectivity index (χ4v) is 1.90. The average molecular weight is 259 g/mol. The summed E-state index contributed by atoms with van der Waals surface area (Å²) in [6.07, 6.45) is 0. The topological polar surface area (TPSA) is 68.0 Å². The van der Waals surface area contributed by atoms with Crippen LogP contribution in [0.4, 0.5) is 15.8 Å². The number of hydrogen-bond donors (Lipinski definition) is 2. The van der Waals surface area contributed by atoms with Gasteiger partial charge in [-0.25, -0.2) is 4.39 Å². The Morgan fingerprint density at radius 1 is 1.21 bits per heavy atom. The number of anilines is 2. The number of pyridine rings is 1. The van der Waals surface area contributed by atoms with E-state index in [-0.39, 0.29) is 5.56 Å². The quantitative estimate of drug-likeness (QED) is 0.890. The van der Waals surface area contributed by atoms with Gasteiger partial charge in [0.2, 0.25) is 0 Å². The Labute approximate surface area is 110 Å². The van der Waals surface area contributed by atoms with E-state index >= 15 is 0 Å².